The van der Waals surface area contributed by atoms with Gasteiger partial charge in [0.1, 0.15) is 6.07 Å². The summed E-state index contributed by atoms with van der Waals surface area (Å²) in [5, 5.41) is 13.1. The summed E-state index contributed by atoms with van der Waals surface area (Å²) in [5.41, 5.74) is 4.99. The van der Waals surface area contributed by atoms with Crippen LogP contribution in [0.1, 0.15) is 28.4 Å². The summed E-state index contributed by atoms with van der Waals surface area (Å²) in [7, 11) is 1.95. The molecule has 4 rings (SSSR count). The third-order valence-electron chi connectivity index (χ3n) is 5.47. The molecule has 0 unspecified atom stereocenters. The number of nitrogens with one attached hydrogen (secondary N) is 2. The topological polar surface area (TPSA) is 97.7 Å². The van der Waals surface area contributed by atoms with Crippen LogP contribution in [0.5, 0.6) is 0 Å². The number of hydrogen-bond donors (Lipinski definition) is 2. The number of aromatic nitrogens is 3. The van der Waals surface area contributed by atoms with Crippen LogP contribution in [0.25, 0.3) is 22.2 Å². The van der Waals surface area contributed by atoms with Crippen molar-refractivity contribution in [2.75, 3.05) is 25.0 Å². The zero-order chi connectivity index (χ0) is 22.5. The summed E-state index contributed by atoms with van der Waals surface area (Å²) < 4.78 is 0. The van der Waals surface area contributed by atoms with Gasteiger partial charge in [-0.05, 0) is 49.2 Å². The van der Waals surface area contributed by atoms with E-state index >= 15 is 0 Å². The van der Waals surface area contributed by atoms with Crippen LogP contribution in [-0.4, -0.2) is 41.0 Å². The molecule has 2 heterocycles. The number of aromatic amines is 1. The van der Waals surface area contributed by atoms with Crippen molar-refractivity contribution in [1.29, 1.82) is 5.26 Å². The Morgan fingerprint density at radius 1 is 1.19 bits per heavy atom. The second-order valence-corrected chi connectivity index (χ2v) is 7.53. The average Bonchev–Trinajstić information content (AvgIpc) is 3.26. The Morgan fingerprint density at radius 3 is 2.75 bits per heavy atom. The molecule has 0 spiro atoms. The predicted octanol–water partition coefficient (Wildman–Crippen LogP) is 3.93. The van der Waals surface area contributed by atoms with Gasteiger partial charge in [-0.1, -0.05) is 18.2 Å². The standard InChI is InChI=1S/C25H24N6O/c1-3-31(2)25-28-13-11-22(30-25)18-5-7-19(8-6-18)24(32)27-12-10-17-4-9-23-21(14-17)20(15-26)16-29-23/h4-9,11,13-14,16,29H,3,10,12H2,1-2H3,(H,27,32). The number of fused-ring (bicyclic) bond motifs is 1. The first-order valence-electron chi connectivity index (χ1n) is 10.5. The van der Waals surface area contributed by atoms with E-state index in [0.717, 1.165) is 34.3 Å². The van der Waals surface area contributed by atoms with Crippen molar-refractivity contribution in [3.05, 3.63) is 77.6 Å². The lowest BCUT2D eigenvalue weighted by Crippen LogP contribution is -2.25. The van der Waals surface area contributed by atoms with Crippen LogP contribution in [0.2, 0.25) is 0 Å². The first-order chi connectivity index (χ1) is 15.6. The average molecular weight is 425 g/mol. The molecule has 7 nitrogen and oxygen atoms in total. The maximum atomic E-state index is 12.5. The lowest BCUT2D eigenvalue weighted by molar-refractivity contribution is 0.0954. The van der Waals surface area contributed by atoms with E-state index in [9.17, 15) is 10.1 Å². The Balaban J connectivity index is 1.38. The summed E-state index contributed by atoms with van der Waals surface area (Å²) in [4.78, 5) is 26.5. The van der Waals surface area contributed by atoms with Crippen molar-refractivity contribution in [2.45, 2.75) is 13.3 Å². The molecule has 0 aliphatic heterocycles. The van der Waals surface area contributed by atoms with Gasteiger partial charge < -0.3 is 15.2 Å². The zero-order valence-electron chi connectivity index (χ0n) is 18.1. The van der Waals surface area contributed by atoms with Gasteiger partial charge in [0.15, 0.2) is 0 Å². The number of nitriles is 1. The van der Waals surface area contributed by atoms with Crippen molar-refractivity contribution in [3.63, 3.8) is 0 Å². The van der Waals surface area contributed by atoms with Gasteiger partial charge in [-0.15, -0.1) is 0 Å². The molecule has 0 aliphatic carbocycles. The van der Waals surface area contributed by atoms with Crippen LogP contribution in [0.3, 0.4) is 0 Å². The number of carbonyl (C=O) groups is 1. The second kappa shape index (κ2) is 9.31. The van der Waals surface area contributed by atoms with E-state index < -0.39 is 0 Å². The molecule has 32 heavy (non-hydrogen) atoms. The van der Waals surface area contributed by atoms with Crippen LogP contribution in [0.4, 0.5) is 5.95 Å². The number of benzene rings is 2. The maximum absolute atomic E-state index is 12.5. The maximum Gasteiger partial charge on any atom is 0.251 e. The molecule has 7 heteroatoms. The highest BCUT2D eigenvalue weighted by Crippen LogP contribution is 2.20. The molecule has 0 radical (unpaired) electrons. The first kappa shape index (κ1) is 21.1. The molecule has 0 bridgehead atoms. The number of carbonyl (C=O) groups excluding carboxylic acids is 1. The Kier molecular flexibility index (Phi) is 6.13. The van der Waals surface area contributed by atoms with E-state index in [0.29, 0.717) is 30.0 Å². The van der Waals surface area contributed by atoms with E-state index in [4.69, 9.17) is 0 Å². The molecular formula is C25H24N6O. The zero-order valence-corrected chi connectivity index (χ0v) is 18.1. The summed E-state index contributed by atoms with van der Waals surface area (Å²) >= 11 is 0. The van der Waals surface area contributed by atoms with Gasteiger partial charge in [0.2, 0.25) is 5.95 Å². The lowest BCUT2D eigenvalue weighted by Gasteiger charge is -2.14. The molecule has 2 aromatic carbocycles. The van der Waals surface area contributed by atoms with Crippen molar-refractivity contribution < 1.29 is 4.79 Å². The third-order valence-corrected chi connectivity index (χ3v) is 5.47. The normalized spacial score (nSPS) is 10.7. The molecule has 2 aromatic heterocycles. The van der Waals surface area contributed by atoms with Crippen molar-refractivity contribution in [2.24, 2.45) is 0 Å². The van der Waals surface area contributed by atoms with Gasteiger partial charge in [0.25, 0.3) is 5.91 Å². The van der Waals surface area contributed by atoms with Crippen molar-refractivity contribution in [3.8, 4) is 17.3 Å². The summed E-state index contributed by atoms with van der Waals surface area (Å²) in [6.45, 7) is 3.38. The minimum atomic E-state index is -0.119. The van der Waals surface area contributed by atoms with Crippen LogP contribution in [0.15, 0.2) is 60.9 Å². The van der Waals surface area contributed by atoms with Gasteiger partial charge in [-0.25, -0.2) is 9.97 Å². The summed E-state index contributed by atoms with van der Waals surface area (Å²) in [6.07, 6.45) is 4.14. The molecule has 2 N–H and O–H groups in total. The molecule has 0 fully saturated rings. The van der Waals surface area contributed by atoms with Crippen LogP contribution in [-0.2, 0) is 6.42 Å². The van der Waals surface area contributed by atoms with E-state index in [2.05, 4.69) is 26.3 Å². The molecule has 160 valence electrons. The summed E-state index contributed by atoms with van der Waals surface area (Å²) in [5.74, 6) is 0.553. The number of hydrogen-bond acceptors (Lipinski definition) is 5. The fourth-order valence-corrected chi connectivity index (χ4v) is 3.47. The van der Waals surface area contributed by atoms with E-state index in [1.807, 2.05) is 55.3 Å². The van der Waals surface area contributed by atoms with E-state index in [-0.39, 0.29) is 5.91 Å². The molecular weight excluding hydrogens is 400 g/mol. The van der Waals surface area contributed by atoms with Gasteiger partial charge in [-0.2, -0.15) is 5.26 Å². The van der Waals surface area contributed by atoms with Crippen molar-refractivity contribution >= 4 is 22.8 Å². The number of anilines is 1. The fourth-order valence-electron chi connectivity index (χ4n) is 3.47. The Bertz CT molecular complexity index is 1290. The van der Waals surface area contributed by atoms with Gasteiger partial charge in [0.05, 0.1) is 11.3 Å². The number of amides is 1. The molecule has 1 amide bonds. The third kappa shape index (κ3) is 4.44. The Hall–Kier alpha value is -4.18. The second-order valence-electron chi connectivity index (χ2n) is 7.53. The Labute approximate surface area is 186 Å². The largest absolute Gasteiger partial charge is 0.360 e. The van der Waals surface area contributed by atoms with E-state index in [1.54, 1.807) is 24.5 Å². The SMILES string of the molecule is CCN(C)c1nccc(-c2ccc(C(=O)NCCc3ccc4[nH]cc(C#N)c4c3)cc2)n1. The number of rotatable bonds is 7. The molecule has 4 aromatic rings. The van der Waals surface area contributed by atoms with Crippen molar-refractivity contribution in [1.82, 2.24) is 20.3 Å². The first-order valence-corrected chi connectivity index (χ1v) is 10.5. The lowest BCUT2D eigenvalue weighted by atomic mass is 10.1. The quantitative estimate of drug-likeness (QED) is 0.469. The van der Waals surface area contributed by atoms with Gasteiger partial charge in [0, 0.05) is 54.6 Å². The minimum absolute atomic E-state index is 0.119. The van der Waals surface area contributed by atoms with Gasteiger partial charge in [-0.3, -0.25) is 4.79 Å². The Morgan fingerprint density at radius 2 is 2.00 bits per heavy atom. The number of nitrogens with zero attached hydrogens (tertiary/aromatic N) is 4. The van der Waals surface area contributed by atoms with Gasteiger partial charge >= 0.3 is 0 Å². The minimum Gasteiger partial charge on any atom is -0.360 e. The van der Waals surface area contributed by atoms with Crippen LogP contribution >= 0.6 is 0 Å². The van der Waals surface area contributed by atoms with Crippen LogP contribution in [0, 0.1) is 11.3 Å². The highest BCUT2D eigenvalue weighted by molar-refractivity contribution is 5.94. The summed E-state index contributed by atoms with van der Waals surface area (Å²) in [6, 6.07) is 17.4. The smallest absolute Gasteiger partial charge is 0.251 e. The van der Waals surface area contributed by atoms with E-state index in [1.165, 1.54) is 0 Å². The fraction of sp³-hybridized carbons (Fsp3) is 0.200. The predicted molar refractivity (Wildman–Crippen MR) is 125 cm³/mol. The highest BCUT2D eigenvalue weighted by Gasteiger charge is 2.09. The monoisotopic (exact) mass is 424 g/mol. The van der Waals surface area contributed by atoms with Crippen LogP contribution < -0.4 is 10.2 Å². The molecule has 0 saturated heterocycles. The highest BCUT2D eigenvalue weighted by atomic mass is 16.1. The molecule has 0 atom stereocenters. The molecule has 0 saturated carbocycles. The molecule has 0 aliphatic rings. The number of H-pyrrole nitrogens is 1.